The number of hydrogen-bond donors (Lipinski definition) is 1. The van der Waals surface area contributed by atoms with Crippen molar-refractivity contribution in [3.05, 3.63) is 72.4 Å². The van der Waals surface area contributed by atoms with Crippen molar-refractivity contribution in [3.63, 3.8) is 0 Å². The second-order valence-corrected chi connectivity index (χ2v) is 5.85. The lowest BCUT2D eigenvalue weighted by Crippen LogP contribution is -2.36. The highest BCUT2D eigenvalue weighted by molar-refractivity contribution is 5.33. The number of aliphatic hydroxyl groups excluding tert-OH is 1. The fraction of sp³-hybridized carbons (Fsp3) is 0.316. The molecule has 0 saturated carbocycles. The van der Waals surface area contributed by atoms with Crippen molar-refractivity contribution in [2.24, 2.45) is 0 Å². The molecule has 0 bridgehead atoms. The first-order valence-corrected chi connectivity index (χ1v) is 8.26. The average molecular weight is 325 g/mol. The van der Waals surface area contributed by atoms with E-state index in [0.717, 1.165) is 24.4 Å². The van der Waals surface area contributed by atoms with Crippen molar-refractivity contribution in [1.82, 2.24) is 14.7 Å². The molecule has 0 amide bonds. The van der Waals surface area contributed by atoms with Gasteiger partial charge in [-0.05, 0) is 42.3 Å². The molecule has 0 aliphatic heterocycles. The maximum absolute atomic E-state index is 9.69. The van der Waals surface area contributed by atoms with Crippen molar-refractivity contribution in [1.29, 1.82) is 0 Å². The zero-order valence-corrected chi connectivity index (χ0v) is 13.9. The lowest BCUT2D eigenvalue weighted by molar-refractivity contribution is 0.0999. The molecule has 2 aromatic heterocycles. The van der Waals surface area contributed by atoms with E-state index in [4.69, 9.17) is 4.42 Å². The summed E-state index contributed by atoms with van der Waals surface area (Å²) in [6.45, 7) is 3.69. The first kappa shape index (κ1) is 16.5. The van der Waals surface area contributed by atoms with Crippen LogP contribution in [-0.4, -0.2) is 32.4 Å². The Morgan fingerprint density at radius 2 is 2.00 bits per heavy atom. The average Bonchev–Trinajstić information content (AvgIpc) is 3.30. The van der Waals surface area contributed by atoms with Crippen LogP contribution in [0.25, 0.3) is 5.69 Å². The van der Waals surface area contributed by atoms with Gasteiger partial charge in [-0.1, -0.05) is 19.1 Å². The summed E-state index contributed by atoms with van der Waals surface area (Å²) in [6.07, 6.45) is 6.28. The van der Waals surface area contributed by atoms with Crippen molar-refractivity contribution >= 4 is 0 Å². The zero-order chi connectivity index (χ0) is 16.8. The molecule has 5 nitrogen and oxygen atoms in total. The van der Waals surface area contributed by atoms with Crippen LogP contribution in [0.5, 0.6) is 0 Å². The number of furan rings is 1. The lowest BCUT2D eigenvalue weighted by Gasteiger charge is -2.29. The minimum atomic E-state index is 0.112. The van der Waals surface area contributed by atoms with Gasteiger partial charge in [0.1, 0.15) is 5.76 Å². The van der Waals surface area contributed by atoms with E-state index < -0.39 is 0 Å². The predicted octanol–water partition coefficient (Wildman–Crippen LogP) is 3.24. The van der Waals surface area contributed by atoms with E-state index in [9.17, 15) is 5.11 Å². The van der Waals surface area contributed by atoms with E-state index in [1.165, 1.54) is 5.56 Å². The molecular weight excluding hydrogens is 302 g/mol. The highest BCUT2D eigenvalue weighted by atomic mass is 16.3. The Kier molecular flexibility index (Phi) is 5.46. The molecule has 0 saturated heterocycles. The molecule has 3 rings (SSSR count). The van der Waals surface area contributed by atoms with E-state index in [2.05, 4.69) is 41.2 Å². The van der Waals surface area contributed by atoms with Gasteiger partial charge in [0.15, 0.2) is 0 Å². The lowest BCUT2D eigenvalue weighted by atomic mass is 10.1. The number of benzene rings is 1. The van der Waals surface area contributed by atoms with E-state index in [-0.39, 0.29) is 12.6 Å². The van der Waals surface area contributed by atoms with Crippen LogP contribution in [0.15, 0.2) is 65.5 Å². The quantitative estimate of drug-likeness (QED) is 0.691. The van der Waals surface area contributed by atoms with Crippen LogP contribution < -0.4 is 0 Å². The maximum atomic E-state index is 9.69. The minimum Gasteiger partial charge on any atom is -0.468 e. The second-order valence-electron chi connectivity index (χ2n) is 5.85. The maximum Gasteiger partial charge on any atom is 0.117 e. The monoisotopic (exact) mass is 325 g/mol. The summed E-state index contributed by atoms with van der Waals surface area (Å²) in [7, 11) is 0. The molecule has 2 heterocycles. The van der Waals surface area contributed by atoms with Gasteiger partial charge in [-0.25, -0.2) is 4.68 Å². The van der Waals surface area contributed by atoms with Gasteiger partial charge < -0.3 is 9.52 Å². The normalized spacial score (nSPS) is 12.6. The third kappa shape index (κ3) is 3.93. The molecular formula is C19H23N3O2. The molecule has 0 radical (unpaired) electrons. The molecule has 126 valence electrons. The number of rotatable bonds is 8. The van der Waals surface area contributed by atoms with Crippen LogP contribution in [0, 0.1) is 0 Å². The molecule has 0 aliphatic carbocycles. The topological polar surface area (TPSA) is 54.4 Å². The van der Waals surface area contributed by atoms with E-state index >= 15 is 0 Å². The van der Waals surface area contributed by atoms with E-state index in [0.29, 0.717) is 6.54 Å². The van der Waals surface area contributed by atoms with Crippen LogP contribution in [0.1, 0.15) is 24.7 Å². The van der Waals surface area contributed by atoms with Gasteiger partial charge in [0.25, 0.3) is 0 Å². The van der Waals surface area contributed by atoms with Crippen LogP contribution >= 0.6 is 0 Å². The Labute approximate surface area is 142 Å². The molecule has 24 heavy (non-hydrogen) atoms. The third-order valence-electron chi connectivity index (χ3n) is 4.23. The highest BCUT2D eigenvalue weighted by Gasteiger charge is 2.18. The Bertz CT molecular complexity index is 702. The van der Waals surface area contributed by atoms with Gasteiger partial charge >= 0.3 is 0 Å². The summed E-state index contributed by atoms with van der Waals surface area (Å²) >= 11 is 0. The van der Waals surface area contributed by atoms with E-state index in [1.54, 1.807) is 12.5 Å². The molecule has 1 atom stereocenters. The van der Waals surface area contributed by atoms with Crippen LogP contribution in [0.2, 0.25) is 0 Å². The fourth-order valence-corrected chi connectivity index (χ4v) is 2.83. The summed E-state index contributed by atoms with van der Waals surface area (Å²) in [5.41, 5.74) is 2.24. The Morgan fingerprint density at radius 1 is 1.17 bits per heavy atom. The molecule has 1 N–H and O–H groups in total. The predicted molar refractivity (Wildman–Crippen MR) is 92.7 cm³/mol. The van der Waals surface area contributed by atoms with Crippen LogP contribution in [0.3, 0.4) is 0 Å². The van der Waals surface area contributed by atoms with E-state index in [1.807, 2.05) is 29.1 Å². The third-order valence-corrected chi connectivity index (χ3v) is 4.23. The largest absolute Gasteiger partial charge is 0.468 e. The molecule has 0 aliphatic rings. The van der Waals surface area contributed by atoms with Gasteiger partial charge in [-0.15, -0.1) is 0 Å². The summed E-state index contributed by atoms with van der Waals surface area (Å²) in [4.78, 5) is 2.25. The Morgan fingerprint density at radius 3 is 2.58 bits per heavy atom. The standard InChI is InChI=1S/C19H23N3O2/c1-2-17(15-23)21(14-19-5-3-12-24-19)13-16-6-8-18(9-7-16)22-11-4-10-20-22/h3-12,17,23H,2,13-15H2,1H3/t17-/m1/s1. The number of aromatic nitrogens is 2. The Hall–Kier alpha value is -2.37. The van der Waals surface area contributed by atoms with Gasteiger partial charge in [0.05, 0.1) is 25.1 Å². The smallest absolute Gasteiger partial charge is 0.117 e. The van der Waals surface area contributed by atoms with Gasteiger partial charge in [0.2, 0.25) is 0 Å². The Balaban J connectivity index is 1.73. The number of aliphatic hydroxyl groups is 1. The highest BCUT2D eigenvalue weighted by Crippen LogP contribution is 2.17. The van der Waals surface area contributed by atoms with Crippen molar-refractivity contribution in [2.75, 3.05) is 6.61 Å². The summed E-state index contributed by atoms with van der Waals surface area (Å²) in [6, 6.07) is 14.2. The fourth-order valence-electron chi connectivity index (χ4n) is 2.83. The summed E-state index contributed by atoms with van der Waals surface area (Å²) in [5, 5.41) is 13.9. The number of hydrogen-bond acceptors (Lipinski definition) is 4. The van der Waals surface area contributed by atoms with Crippen LogP contribution in [0.4, 0.5) is 0 Å². The van der Waals surface area contributed by atoms with Gasteiger partial charge in [-0.3, -0.25) is 4.90 Å². The van der Waals surface area contributed by atoms with Crippen molar-refractivity contribution < 1.29 is 9.52 Å². The van der Waals surface area contributed by atoms with Gasteiger partial charge in [-0.2, -0.15) is 5.10 Å². The molecule has 0 fully saturated rings. The SMILES string of the molecule is CC[C@H](CO)N(Cc1ccc(-n2cccn2)cc1)Cc1ccco1. The number of nitrogens with zero attached hydrogens (tertiary/aromatic N) is 3. The van der Waals surface area contributed by atoms with Crippen molar-refractivity contribution in [3.8, 4) is 5.69 Å². The molecule has 0 spiro atoms. The van der Waals surface area contributed by atoms with Crippen LogP contribution in [-0.2, 0) is 13.1 Å². The molecule has 5 heteroatoms. The van der Waals surface area contributed by atoms with Crippen molar-refractivity contribution in [2.45, 2.75) is 32.5 Å². The first-order chi connectivity index (χ1) is 11.8. The van der Waals surface area contributed by atoms with Gasteiger partial charge in [0, 0.05) is 25.0 Å². The molecule has 1 aromatic carbocycles. The minimum absolute atomic E-state index is 0.112. The summed E-state index contributed by atoms with van der Waals surface area (Å²) in [5.74, 6) is 0.912. The molecule has 3 aromatic rings. The summed E-state index contributed by atoms with van der Waals surface area (Å²) < 4.78 is 7.31. The molecule has 0 unspecified atom stereocenters. The first-order valence-electron chi connectivity index (χ1n) is 8.26. The second kappa shape index (κ2) is 7.95. The zero-order valence-electron chi connectivity index (χ0n) is 13.9.